The third-order valence-electron chi connectivity index (χ3n) is 2.41. The second-order valence-electron chi connectivity index (χ2n) is 3.57. The van der Waals surface area contributed by atoms with E-state index < -0.39 is 0 Å². The van der Waals surface area contributed by atoms with Crippen LogP contribution in [0.2, 0.25) is 0 Å². The summed E-state index contributed by atoms with van der Waals surface area (Å²) in [6, 6.07) is -0.387. The van der Waals surface area contributed by atoms with Crippen molar-refractivity contribution in [3.63, 3.8) is 0 Å². The maximum atomic E-state index is 10.8. The first-order valence-corrected chi connectivity index (χ1v) is 4.17. The Morgan fingerprint density at radius 2 is 2.08 bits per heavy atom. The fourth-order valence-electron chi connectivity index (χ4n) is 1.21. The molecule has 68 valence electrons. The Labute approximate surface area is 72.2 Å². The van der Waals surface area contributed by atoms with E-state index in [2.05, 4.69) is 31.1 Å². The smallest absolute Gasteiger partial charge is 0.343 e. The van der Waals surface area contributed by atoms with Crippen LogP contribution in [0.25, 0.3) is 0 Å². The zero-order chi connectivity index (χ0) is 9.30. The average molecular weight is 169 g/mol. The molecule has 0 saturated carbocycles. The van der Waals surface area contributed by atoms with Gasteiger partial charge in [0.2, 0.25) is 0 Å². The minimum atomic E-state index is -0.315. The minimum Gasteiger partial charge on any atom is -0.385 e. The van der Waals surface area contributed by atoms with Crippen LogP contribution >= 0.6 is 0 Å². The Kier molecular flexibility index (Phi) is 2.35. The molecule has 2 atom stereocenters. The van der Waals surface area contributed by atoms with Gasteiger partial charge in [0.05, 0.1) is 6.04 Å². The first-order chi connectivity index (χ1) is 5.52. The summed E-state index contributed by atoms with van der Waals surface area (Å²) in [6.45, 7) is 6.26. The molecule has 0 aromatic carbocycles. The van der Waals surface area contributed by atoms with E-state index in [9.17, 15) is 4.79 Å². The zero-order valence-corrected chi connectivity index (χ0v) is 7.66. The van der Waals surface area contributed by atoms with Crippen molar-refractivity contribution < 1.29 is 4.79 Å². The van der Waals surface area contributed by atoms with E-state index in [1.807, 2.05) is 0 Å². The largest absolute Gasteiger partial charge is 0.385 e. The molecule has 0 spiro atoms. The third-order valence-corrected chi connectivity index (χ3v) is 2.41. The summed E-state index contributed by atoms with van der Waals surface area (Å²) in [6.07, 6.45) is 0. The highest BCUT2D eigenvalue weighted by atomic mass is 16.2. The predicted octanol–water partition coefficient (Wildman–Crippen LogP) is 0.728. The van der Waals surface area contributed by atoms with Crippen molar-refractivity contribution in [2.45, 2.75) is 26.8 Å². The topological polar surface area (TPSA) is 67.5 Å². The SMILES string of the molecule is CC(C)C(C)C1NC(=O)N=C1N. The number of nitrogens with zero attached hydrogens (tertiary/aromatic N) is 1. The van der Waals surface area contributed by atoms with E-state index in [-0.39, 0.29) is 12.1 Å². The summed E-state index contributed by atoms with van der Waals surface area (Å²) in [4.78, 5) is 14.4. The normalized spacial score (nSPS) is 25.5. The molecule has 0 aliphatic carbocycles. The van der Waals surface area contributed by atoms with Crippen molar-refractivity contribution >= 4 is 11.9 Å². The fraction of sp³-hybridized carbons (Fsp3) is 0.750. The van der Waals surface area contributed by atoms with Gasteiger partial charge >= 0.3 is 6.03 Å². The van der Waals surface area contributed by atoms with Gasteiger partial charge < -0.3 is 11.1 Å². The van der Waals surface area contributed by atoms with E-state index >= 15 is 0 Å². The lowest BCUT2D eigenvalue weighted by molar-refractivity contribution is 0.246. The Hall–Kier alpha value is -1.06. The number of aliphatic imine (C=N–C) groups is 1. The quantitative estimate of drug-likeness (QED) is 0.639. The molecule has 1 heterocycles. The summed E-state index contributed by atoms with van der Waals surface area (Å²) in [7, 11) is 0. The van der Waals surface area contributed by atoms with Gasteiger partial charge in [0.25, 0.3) is 0 Å². The van der Waals surface area contributed by atoms with E-state index in [1.54, 1.807) is 0 Å². The molecular formula is C8H15N3O. The molecule has 2 unspecified atom stereocenters. The average Bonchev–Trinajstić information content (AvgIpc) is 2.28. The molecule has 2 amide bonds. The number of amidine groups is 1. The number of hydrogen-bond acceptors (Lipinski definition) is 2. The highest BCUT2D eigenvalue weighted by molar-refractivity contribution is 6.02. The summed E-state index contributed by atoms with van der Waals surface area (Å²) in [5.41, 5.74) is 5.57. The lowest BCUT2D eigenvalue weighted by Crippen LogP contribution is -2.43. The summed E-state index contributed by atoms with van der Waals surface area (Å²) in [5.74, 6) is 1.24. The van der Waals surface area contributed by atoms with Crippen LogP contribution in [0, 0.1) is 11.8 Å². The number of amides is 2. The van der Waals surface area contributed by atoms with Crippen LogP contribution in [0.5, 0.6) is 0 Å². The monoisotopic (exact) mass is 169 g/mol. The van der Waals surface area contributed by atoms with Crippen molar-refractivity contribution in [2.75, 3.05) is 0 Å². The van der Waals surface area contributed by atoms with Crippen molar-refractivity contribution in [3.8, 4) is 0 Å². The van der Waals surface area contributed by atoms with E-state index in [4.69, 9.17) is 5.73 Å². The second kappa shape index (κ2) is 3.13. The Bertz CT molecular complexity index is 222. The molecule has 4 heteroatoms. The van der Waals surface area contributed by atoms with Gasteiger partial charge in [0.15, 0.2) is 0 Å². The highest BCUT2D eigenvalue weighted by Crippen LogP contribution is 2.17. The molecule has 0 radical (unpaired) electrons. The maximum absolute atomic E-state index is 10.8. The van der Waals surface area contributed by atoms with Crippen LogP contribution in [0.3, 0.4) is 0 Å². The number of hydrogen-bond donors (Lipinski definition) is 2. The first kappa shape index (κ1) is 9.03. The van der Waals surface area contributed by atoms with Gasteiger partial charge in [0.1, 0.15) is 5.84 Å². The van der Waals surface area contributed by atoms with Crippen LogP contribution in [-0.4, -0.2) is 17.9 Å². The standard InChI is InChI=1S/C8H15N3O/c1-4(2)5(3)6-7(9)11-8(12)10-6/h4-6H,1-3H3,(H3,9,10,11,12). The Morgan fingerprint density at radius 3 is 2.42 bits per heavy atom. The van der Waals surface area contributed by atoms with Gasteiger partial charge in [-0.3, -0.25) is 0 Å². The van der Waals surface area contributed by atoms with Gasteiger partial charge in [-0.25, -0.2) is 4.79 Å². The van der Waals surface area contributed by atoms with E-state index in [1.165, 1.54) is 0 Å². The van der Waals surface area contributed by atoms with Gasteiger partial charge in [-0.05, 0) is 11.8 Å². The summed E-state index contributed by atoms with van der Waals surface area (Å²) in [5, 5.41) is 2.72. The number of rotatable bonds is 2. The van der Waals surface area contributed by atoms with Gasteiger partial charge in [-0.1, -0.05) is 20.8 Å². The predicted molar refractivity (Wildman–Crippen MR) is 47.9 cm³/mol. The Balaban J connectivity index is 2.67. The Morgan fingerprint density at radius 1 is 1.50 bits per heavy atom. The number of nitrogens with two attached hydrogens (primary N) is 1. The molecule has 0 saturated heterocycles. The molecular weight excluding hydrogens is 154 g/mol. The van der Waals surface area contributed by atoms with Crippen LogP contribution in [0.4, 0.5) is 4.79 Å². The molecule has 0 aromatic rings. The van der Waals surface area contributed by atoms with Gasteiger partial charge in [-0.2, -0.15) is 4.99 Å². The third kappa shape index (κ3) is 1.57. The van der Waals surface area contributed by atoms with Crippen LogP contribution < -0.4 is 11.1 Å². The molecule has 1 rings (SSSR count). The summed E-state index contributed by atoms with van der Waals surface area (Å²) >= 11 is 0. The van der Waals surface area contributed by atoms with Crippen molar-refractivity contribution in [3.05, 3.63) is 0 Å². The number of nitrogens with one attached hydrogen (secondary N) is 1. The van der Waals surface area contributed by atoms with Crippen LogP contribution in [0.15, 0.2) is 4.99 Å². The molecule has 4 nitrogen and oxygen atoms in total. The number of carbonyl (C=O) groups is 1. The molecule has 12 heavy (non-hydrogen) atoms. The first-order valence-electron chi connectivity index (χ1n) is 4.17. The summed E-state index contributed by atoms with van der Waals surface area (Å²) < 4.78 is 0. The lowest BCUT2D eigenvalue weighted by Gasteiger charge is -2.22. The van der Waals surface area contributed by atoms with Crippen LogP contribution in [0.1, 0.15) is 20.8 Å². The minimum absolute atomic E-state index is 0.0718. The van der Waals surface area contributed by atoms with E-state index in [0.29, 0.717) is 17.7 Å². The second-order valence-corrected chi connectivity index (χ2v) is 3.57. The van der Waals surface area contributed by atoms with Gasteiger partial charge in [0, 0.05) is 0 Å². The molecule has 0 fully saturated rings. The van der Waals surface area contributed by atoms with E-state index in [0.717, 1.165) is 0 Å². The van der Waals surface area contributed by atoms with Crippen LogP contribution in [-0.2, 0) is 0 Å². The maximum Gasteiger partial charge on any atom is 0.343 e. The van der Waals surface area contributed by atoms with Crippen molar-refractivity contribution in [1.82, 2.24) is 5.32 Å². The molecule has 1 aliphatic rings. The zero-order valence-electron chi connectivity index (χ0n) is 7.66. The molecule has 1 aliphatic heterocycles. The lowest BCUT2D eigenvalue weighted by atomic mass is 9.90. The van der Waals surface area contributed by atoms with Gasteiger partial charge in [-0.15, -0.1) is 0 Å². The molecule has 0 bridgehead atoms. The van der Waals surface area contributed by atoms with Crippen molar-refractivity contribution in [1.29, 1.82) is 0 Å². The molecule has 0 aromatic heterocycles. The number of carbonyl (C=O) groups excluding carboxylic acids is 1. The van der Waals surface area contributed by atoms with Crippen molar-refractivity contribution in [2.24, 2.45) is 22.6 Å². The highest BCUT2D eigenvalue weighted by Gasteiger charge is 2.29. The molecule has 3 N–H and O–H groups in total. The number of urea groups is 1. The fourth-order valence-corrected chi connectivity index (χ4v) is 1.21.